The summed E-state index contributed by atoms with van der Waals surface area (Å²) in [4.78, 5) is 15.6. The number of ether oxygens (including phenoxy) is 1. The van der Waals surface area contributed by atoms with Gasteiger partial charge < -0.3 is 15.0 Å². The Labute approximate surface area is 118 Å². The molecule has 106 valence electrons. The number of nitrogens with zero attached hydrogens (tertiary/aromatic N) is 1. The molecule has 1 aliphatic rings. The summed E-state index contributed by atoms with van der Waals surface area (Å²) in [6, 6.07) is 4.33. The van der Waals surface area contributed by atoms with Crippen molar-refractivity contribution in [3.05, 3.63) is 22.4 Å². The van der Waals surface area contributed by atoms with Crippen molar-refractivity contribution in [2.45, 2.75) is 19.4 Å². The van der Waals surface area contributed by atoms with Crippen LogP contribution in [0, 0.1) is 5.92 Å². The summed E-state index contributed by atoms with van der Waals surface area (Å²) in [5.74, 6) is 0.160. The Balaban J connectivity index is 1.84. The lowest BCUT2D eigenvalue weighted by Crippen LogP contribution is -2.45. The van der Waals surface area contributed by atoms with Crippen LogP contribution in [0.1, 0.15) is 11.8 Å². The molecule has 19 heavy (non-hydrogen) atoms. The van der Waals surface area contributed by atoms with E-state index in [0.717, 1.165) is 19.5 Å². The van der Waals surface area contributed by atoms with Crippen molar-refractivity contribution in [3.8, 4) is 0 Å². The predicted molar refractivity (Wildman–Crippen MR) is 77.4 cm³/mol. The SMILES string of the molecule is CCNC1COCC1C(=O)N(C)CCc1cccs1. The first kappa shape index (κ1) is 14.5. The zero-order valence-electron chi connectivity index (χ0n) is 11.6. The minimum atomic E-state index is -0.0340. The van der Waals surface area contributed by atoms with Crippen LogP contribution >= 0.6 is 11.3 Å². The number of hydrogen-bond acceptors (Lipinski definition) is 4. The van der Waals surface area contributed by atoms with E-state index in [9.17, 15) is 4.79 Å². The minimum Gasteiger partial charge on any atom is -0.379 e. The summed E-state index contributed by atoms with van der Waals surface area (Å²) in [6.07, 6.45) is 0.930. The maximum absolute atomic E-state index is 12.4. The van der Waals surface area contributed by atoms with E-state index in [1.54, 1.807) is 11.3 Å². The summed E-state index contributed by atoms with van der Waals surface area (Å²) in [7, 11) is 1.89. The van der Waals surface area contributed by atoms with Gasteiger partial charge in [0.1, 0.15) is 0 Å². The number of carbonyl (C=O) groups is 1. The molecule has 0 spiro atoms. The number of hydrogen-bond donors (Lipinski definition) is 1. The summed E-state index contributed by atoms with van der Waals surface area (Å²) in [5.41, 5.74) is 0. The Bertz CT molecular complexity index is 394. The molecule has 0 radical (unpaired) electrons. The Hall–Kier alpha value is -0.910. The number of nitrogens with one attached hydrogen (secondary N) is 1. The van der Waals surface area contributed by atoms with Crippen LogP contribution < -0.4 is 5.32 Å². The molecule has 0 aromatic carbocycles. The third-order valence-electron chi connectivity index (χ3n) is 3.51. The zero-order chi connectivity index (χ0) is 13.7. The summed E-state index contributed by atoms with van der Waals surface area (Å²) in [5, 5.41) is 5.40. The quantitative estimate of drug-likeness (QED) is 0.857. The van der Waals surface area contributed by atoms with Crippen LogP contribution in [0.15, 0.2) is 17.5 Å². The van der Waals surface area contributed by atoms with Crippen LogP contribution in [0.25, 0.3) is 0 Å². The van der Waals surface area contributed by atoms with Crippen LogP contribution in [-0.2, 0) is 16.0 Å². The highest BCUT2D eigenvalue weighted by Crippen LogP contribution is 2.17. The van der Waals surface area contributed by atoms with Gasteiger partial charge in [0.05, 0.1) is 19.1 Å². The second-order valence-corrected chi connectivity index (χ2v) is 5.93. The predicted octanol–water partition coefficient (Wildman–Crippen LogP) is 1.37. The number of amides is 1. The molecular formula is C14H22N2O2S. The zero-order valence-corrected chi connectivity index (χ0v) is 12.4. The molecule has 1 amide bonds. The minimum absolute atomic E-state index is 0.0340. The fraction of sp³-hybridized carbons (Fsp3) is 0.643. The van der Waals surface area contributed by atoms with Gasteiger partial charge in [0.2, 0.25) is 5.91 Å². The third kappa shape index (κ3) is 3.78. The van der Waals surface area contributed by atoms with Gasteiger partial charge in [0, 0.05) is 24.5 Å². The standard InChI is InChI=1S/C14H22N2O2S/c1-3-15-13-10-18-9-12(13)14(17)16(2)7-6-11-5-4-8-19-11/h4-5,8,12-13,15H,3,6-7,9-10H2,1-2H3. The molecule has 5 heteroatoms. The Morgan fingerprint density at radius 2 is 2.42 bits per heavy atom. The van der Waals surface area contributed by atoms with E-state index in [2.05, 4.69) is 23.7 Å². The highest BCUT2D eigenvalue weighted by atomic mass is 32.1. The monoisotopic (exact) mass is 282 g/mol. The molecule has 1 aromatic rings. The van der Waals surface area contributed by atoms with Crippen LogP contribution in [0.5, 0.6) is 0 Å². The topological polar surface area (TPSA) is 41.6 Å². The average molecular weight is 282 g/mol. The van der Waals surface area contributed by atoms with Gasteiger partial charge in [-0.15, -0.1) is 11.3 Å². The van der Waals surface area contributed by atoms with Crippen molar-refractivity contribution in [2.24, 2.45) is 5.92 Å². The molecule has 1 aliphatic heterocycles. The number of thiophene rings is 1. The number of carbonyl (C=O) groups excluding carboxylic acids is 1. The van der Waals surface area contributed by atoms with Crippen LogP contribution in [-0.4, -0.2) is 50.2 Å². The molecule has 0 bridgehead atoms. The van der Waals surface area contributed by atoms with Crippen molar-refractivity contribution in [2.75, 3.05) is 33.4 Å². The molecule has 2 rings (SSSR count). The number of rotatable bonds is 6. The van der Waals surface area contributed by atoms with E-state index in [0.29, 0.717) is 13.2 Å². The molecule has 1 aromatic heterocycles. The first-order chi connectivity index (χ1) is 9.22. The van der Waals surface area contributed by atoms with Crippen LogP contribution in [0.4, 0.5) is 0 Å². The van der Waals surface area contributed by atoms with Crippen molar-refractivity contribution in [1.29, 1.82) is 0 Å². The Morgan fingerprint density at radius 1 is 1.58 bits per heavy atom. The highest BCUT2D eigenvalue weighted by Gasteiger charge is 2.34. The molecule has 1 saturated heterocycles. The van der Waals surface area contributed by atoms with Crippen molar-refractivity contribution in [1.82, 2.24) is 10.2 Å². The first-order valence-electron chi connectivity index (χ1n) is 6.81. The van der Waals surface area contributed by atoms with E-state index in [1.165, 1.54) is 4.88 Å². The van der Waals surface area contributed by atoms with Gasteiger partial charge in [-0.2, -0.15) is 0 Å². The largest absolute Gasteiger partial charge is 0.379 e. The lowest BCUT2D eigenvalue weighted by Gasteiger charge is -2.24. The molecule has 2 unspecified atom stereocenters. The van der Waals surface area contributed by atoms with Gasteiger partial charge in [0.25, 0.3) is 0 Å². The van der Waals surface area contributed by atoms with Crippen LogP contribution in [0.2, 0.25) is 0 Å². The molecule has 4 nitrogen and oxygen atoms in total. The van der Waals surface area contributed by atoms with E-state index in [1.807, 2.05) is 18.0 Å². The maximum Gasteiger partial charge on any atom is 0.229 e. The van der Waals surface area contributed by atoms with Crippen molar-refractivity contribution < 1.29 is 9.53 Å². The fourth-order valence-corrected chi connectivity index (χ4v) is 3.09. The van der Waals surface area contributed by atoms with E-state index in [-0.39, 0.29) is 17.9 Å². The molecule has 1 fully saturated rings. The van der Waals surface area contributed by atoms with Gasteiger partial charge in [-0.25, -0.2) is 0 Å². The van der Waals surface area contributed by atoms with E-state index < -0.39 is 0 Å². The molecule has 0 saturated carbocycles. The Kier molecular flexibility index (Phi) is 5.36. The van der Waals surface area contributed by atoms with Gasteiger partial charge in [-0.1, -0.05) is 13.0 Å². The molecule has 2 heterocycles. The van der Waals surface area contributed by atoms with Crippen LogP contribution in [0.3, 0.4) is 0 Å². The maximum atomic E-state index is 12.4. The van der Waals surface area contributed by atoms with Gasteiger partial charge in [-0.05, 0) is 24.4 Å². The molecule has 1 N–H and O–H groups in total. The van der Waals surface area contributed by atoms with Crippen molar-refractivity contribution in [3.63, 3.8) is 0 Å². The number of likely N-dealkylation sites (N-methyl/N-ethyl adjacent to an activating group) is 2. The lowest BCUT2D eigenvalue weighted by molar-refractivity contribution is -0.134. The summed E-state index contributed by atoms with van der Waals surface area (Å²) >= 11 is 1.74. The molecular weight excluding hydrogens is 260 g/mol. The van der Waals surface area contributed by atoms with Gasteiger partial charge in [0.15, 0.2) is 0 Å². The van der Waals surface area contributed by atoms with E-state index in [4.69, 9.17) is 4.74 Å². The first-order valence-corrected chi connectivity index (χ1v) is 7.68. The second-order valence-electron chi connectivity index (χ2n) is 4.90. The van der Waals surface area contributed by atoms with E-state index >= 15 is 0 Å². The lowest BCUT2D eigenvalue weighted by atomic mass is 10.0. The molecule has 2 atom stereocenters. The normalized spacial score (nSPS) is 22.6. The highest BCUT2D eigenvalue weighted by molar-refractivity contribution is 7.09. The van der Waals surface area contributed by atoms with Crippen molar-refractivity contribution >= 4 is 17.2 Å². The average Bonchev–Trinajstić information content (AvgIpc) is 3.06. The second kappa shape index (κ2) is 7.03. The van der Waals surface area contributed by atoms with Gasteiger partial charge >= 0.3 is 0 Å². The summed E-state index contributed by atoms with van der Waals surface area (Å²) in [6.45, 7) is 4.88. The summed E-state index contributed by atoms with van der Waals surface area (Å²) < 4.78 is 5.44. The van der Waals surface area contributed by atoms with Gasteiger partial charge in [-0.3, -0.25) is 4.79 Å². The fourth-order valence-electron chi connectivity index (χ4n) is 2.39. The molecule has 0 aliphatic carbocycles. The Morgan fingerprint density at radius 3 is 3.11 bits per heavy atom. The smallest absolute Gasteiger partial charge is 0.229 e. The third-order valence-corrected chi connectivity index (χ3v) is 4.45.